The zero-order valence-corrected chi connectivity index (χ0v) is 8.91. The summed E-state index contributed by atoms with van der Waals surface area (Å²) < 4.78 is 6.09. The van der Waals surface area contributed by atoms with Gasteiger partial charge in [0.2, 0.25) is 0 Å². The summed E-state index contributed by atoms with van der Waals surface area (Å²) in [6.45, 7) is 0.911. The van der Waals surface area contributed by atoms with E-state index >= 15 is 0 Å². The Morgan fingerprint density at radius 3 is 2.07 bits per heavy atom. The minimum atomic E-state index is -0.0486. The highest BCUT2D eigenvalue weighted by Crippen LogP contribution is 2.44. The van der Waals surface area contributed by atoms with E-state index in [-0.39, 0.29) is 5.60 Å². The van der Waals surface area contributed by atoms with Gasteiger partial charge in [-0.1, -0.05) is 36.5 Å². The van der Waals surface area contributed by atoms with Gasteiger partial charge in [-0.05, 0) is 36.8 Å². The average Bonchev–Trinajstić information content (AvgIpc) is 3.02. The second-order valence-corrected chi connectivity index (χ2v) is 4.43. The van der Waals surface area contributed by atoms with Crippen molar-refractivity contribution in [2.24, 2.45) is 0 Å². The molecule has 1 heterocycles. The van der Waals surface area contributed by atoms with Gasteiger partial charge in [-0.3, -0.25) is 0 Å². The van der Waals surface area contributed by atoms with E-state index in [1.165, 1.54) is 17.6 Å². The number of ether oxygens (including phenoxy) is 1. The minimum absolute atomic E-state index is 0.0486. The first kappa shape index (κ1) is 9.17. The van der Waals surface area contributed by atoms with Crippen LogP contribution in [-0.4, -0.2) is 12.2 Å². The van der Waals surface area contributed by atoms with E-state index in [1.54, 1.807) is 0 Å². The van der Waals surface area contributed by atoms with Crippen LogP contribution >= 0.6 is 0 Å². The molecule has 0 aromatic heterocycles. The monoisotopic (exact) mass is 200 g/mol. The van der Waals surface area contributed by atoms with Gasteiger partial charge >= 0.3 is 0 Å². The third-order valence-corrected chi connectivity index (χ3v) is 3.60. The Morgan fingerprint density at radius 1 is 1.00 bits per heavy atom. The molecule has 15 heavy (non-hydrogen) atoms. The van der Waals surface area contributed by atoms with Crippen LogP contribution in [0.5, 0.6) is 0 Å². The number of hydrogen-bond acceptors (Lipinski definition) is 1. The second kappa shape index (κ2) is 3.49. The normalized spacial score (nSPS) is 27.2. The van der Waals surface area contributed by atoms with Gasteiger partial charge in [0.15, 0.2) is 0 Å². The molecule has 2 aliphatic carbocycles. The smallest absolute Gasteiger partial charge is 0.111 e. The van der Waals surface area contributed by atoms with Crippen LogP contribution in [0.15, 0.2) is 47.6 Å². The lowest BCUT2D eigenvalue weighted by Crippen LogP contribution is -2.32. The van der Waals surface area contributed by atoms with Crippen molar-refractivity contribution in [3.8, 4) is 0 Å². The zero-order valence-electron chi connectivity index (χ0n) is 8.91. The van der Waals surface area contributed by atoms with Crippen molar-refractivity contribution in [1.82, 2.24) is 0 Å². The first-order chi connectivity index (χ1) is 7.42. The summed E-state index contributed by atoms with van der Waals surface area (Å²) >= 11 is 0. The van der Waals surface area contributed by atoms with E-state index in [0.29, 0.717) is 0 Å². The van der Waals surface area contributed by atoms with Gasteiger partial charge in [0.1, 0.15) is 5.60 Å². The summed E-state index contributed by atoms with van der Waals surface area (Å²) in [5.74, 6) is 0. The van der Waals surface area contributed by atoms with Gasteiger partial charge in [-0.25, -0.2) is 0 Å². The maximum atomic E-state index is 6.09. The molecular formula is C14H16O. The van der Waals surface area contributed by atoms with E-state index in [4.69, 9.17) is 4.74 Å². The predicted molar refractivity (Wildman–Crippen MR) is 61.6 cm³/mol. The molecule has 0 unspecified atom stereocenters. The first-order valence-electron chi connectivity index (χ1n) is 5.78. The molecular weight excluding hydrogens is 184 g/mol. The quantitative estimate of drug-likeness (QED) is 0.664. The fraction of sp³-hybridized carbons (Fsp3) is 0.429. The van der Waals surface area contributed by atoms with Gasteiger partial charge < -0.3 is 4.74 Å². The second-order valence-electron chi connectivity index (χ2n) is 4.43. The number of hydrogen-bond donors (Lipinski definition) is 0. The van der Waals surface area contributed by atoms with Gasteiger partial charge in [-0.2, -0.15) is 0 Å². The topological polar surface area (TPSA) is 9.23 Å². The van der Waals surface area contributed by atoms with E-state index in [2.05, 4.69) is 36.5 Å². The maximum absolute atomic E-state index is 6.09. The lowest BCUT2D eigenvalue weighted by Gasteiger charge is -2.32. The average molecular weight is 200 g/mol. The number of rotatable bonds is 2. The van der Waals surface area contributed by atoms with Crippen molar-refractivity contribution in [3.63, 3.8) is 0 Å². The Balaban J connectivity index is 1.95. The minimum Gasteiger partial charge on any atom is -0.366 e. The molecule has 3 rings (SSSR count). The SMILES string of the molecule is C1=CCC(C2(C3=CC=CC3)CCCO2)=C1. The fourth-order valence-electron chi connectivity index (χ4n) is 2.85. The van der Waals surface area contributed by atoms with E-state index in [9.17, 15) is 0 Å². The molecule has 78 valence electrons. The van der Waals surface area contributed by atoms with E-state index in [0.717, 1.165) is 25.9 Å². The maximum Gasteiger partial charge on any atom is 0.111 e. The van der Waals surface area contributed by atoms with Crippen molar-refractivity contribution in [1.29, 1.82) is 0 Å². The summed E-state index contributed by atoms with van der Waals surface area (Å²) in [7, 11) is 0. The summed E-state index contributed by atoms with van der Waals surface area (Å²) in [5.41, 5.74) is 2.86. The molecule has 0 aromatic rings. The highest BCUT2D eigenvalue weighted by Gasteiger charge is 2.41. The lowest BCUT2D eigenvalue weighted by atomic mass is 9.82. The van der Waals surface area contributed by atoms with Crippen molar-refractivity contribution >= 4 is 0 Å². The third-order valence-electron chi connectivity index (χ3n) is 3.60. The van der Waals surface area contributed by atoms with Crippen LogP contribution in [0.3, 0.4) is 0 Å². The van der Waals surface area contributed by atoms with Crippen LogP contribution < -0.4 is 0 Å². The lowest BCUT2D eigenvalue weighted by molar-refractivity contribution is 0.0632. The molecule has 1 heteroatoms. The van der Waals surface area contributed by atoms with Crippen LogP contribution in [0, 0.1) is 0 Å². The van der Waals surface area contributed by atoms with Crippen LogP contribution in [0.25, 0.3) is 0 Å². The summed E-state index contributed by atoms with van der Waals surface area (Å²) in [6.07, 6.45) is 17.7. The molecule has 1 fully saturated rings. The summed E-state index contributed by atoms with van der Waals surface area (Å²) in [6, 6.07) is 0. The molecule has 0 aromatic carbocycles. The molecule has 1 saturated heterocycles. The molecule has 0 N–H and O–H groups in total. The molecule has 3 aliphatic rings. The van der Waals surface area contributed by atoms with Crippen molar-refractivity contribution < 1.29 is 4.74 Å². The van der Waals surface area contributed by atoms with Crippen LogP contribution in [0.2, 0.25) is 0 Å². The molecule has 0 radical (unpaired) electrons. The molecule has 0 saturated carbocycles. The Morgan fingerprint density at radius 2 is 1.67 bits per heavy atom. The van der Waals surface area contributed by atoms with Gasteiger partial charge in [0.05, 0.1) is 0 Å². The molecule has 0 bridgehead atoms. The molecule has 0 spiro atoms. The first-order valence-corrected chi connectivity index (χ1v) is 5.78. The van der Waals surface area contributed by atoms with Gasteiger partial charge in [0, 0.05) is 6.61 Å². The van der Waals surface area contributed by atoms with Crippen LogP contribution in [0.1, 0.15) is 25.7 Å². The summed E-state index contributed by atoms with van der Waals surface area (Å²) in [4.78, 5) is 0. The van der Waals surface area contributed by atoms with Crippen LogP contribution in [-0.2, 0) is 4.74 Å². The van der Waals surface area contributed by atoms with E-state index in [1.807, 2.05) is 0 Å². The Hall–Kier alpha value is -1.08. The Labute approximate surface area is 90.8 Å². The molecule has 1 nitrogen and oxygen atoms in total. The Bertz CT molecular complexity index is 344. The van der Waals surface area contributed by atoms with Crippen LogP contribution in [0.4, 0.5) is 0 Å². The zero-order chi connectivity index (χ0) is 10.1. The standard InChI is InChI=1S/C14H16O/c1-2-7-12(6-1)14(10-5-11-15-14)13-8-3-4-9-13/h1-4,6,8H,5,7,9-11H2. The molecule has 1 aliphatic heterocycles. The predicted octanol–water partition coefficient (Wildman–Crippen LogP) is 3.31. The molecule has 0 amide bonds. The highest BCUT2D eigenvalue weighted by atomic mass is 16.5. The third kappa shape index (κ3) is 1.34. The van der Waals surface area contributed by atoms with Gasteiger partial charge in [0.25, 0.3) is 0 Å². The highest BCUT2D eigenvalue weighted by molar-refractivity contribution is 5.44. The Kier molecular flexibility index (Phi) is 2.14. The number of allylic oxidation sites excluding steroid dienone is 6. The fourth-order valence-corrected chi connectivity index (χ4v) is 2.85. The summed E-state index contributed by atoms with van der Waals surface area (Å²) in [5, 5.41) is 0. The van der Waals surface area contributed by atoms with E-state index < -0.39 is 0 Å². The molecule has 0 atom stereocenters. The van der Waals surface area contributed by atoms with Gasteiger partial charge in [-0.15, -0.1) is 0 Å². The van der Waals surface area contributed by atoms with Crippen molar-refractivity contribution in [3.05, 3.63) is 47.6 Å². The van der Waals surface area contributed by atoms with Crippen molar-refractivity contribution in [2.45, 2.75) is 31.3 Å². The largest absolute Gasteiger partial charge is 0.366 e. The van der Waals surface area contributed by atoms with Crippen molar-refractivity contribution in [2.75, 3.05) is 6.61 Å².